The predicted molar refractivity (Wildman–Crippen MR) is 80.0 cm³/mol. The lowest BCUT2D eigenvalue weighted by Gasteiger charge is -2.07. The second kappa shape index (κ2) is 7.04. The maximum Gasteiger partial charge on any atom is 0.136 e. The molecule has 0 saturated heterocycles. The molecule has 1 heterocycles. The summed E-state index contributed by atoms with van der Waals surface area (Å²) in [5.41, 5.74) is 2.81. The summed E-state index contributed by atoms with van der Waals surface area (Å²) in [4.78, 5) is 4.43. The molecule has 0 radical (unpaired) electrons. The molecule has 0 saturated carbocycles. The average Bonchev–Trinajstić information content (AvgIpc) is 2.89. The Morgan fingerprint density at radius 2 is 2.30 bits per heavy atom. The number of benzene rings is 1. The number of aryl methyl sites for hydroxylation is 1. The second-order valence-corrected chi connectivity index (χ2v) is 5.49. The molecule has 5 heteroatoms. The minimum absolute atomic E-state index is 0.564. The van der Waals surface area contributed by atoms with E-state index in [0.717, 1.165) is 35.8 Å². The smallest absolute Gasteiger partial charge is 0.136 e. The van der Waals surface area contributed by atoms with Crippen LogP contribution in [0.5, 0.6) is 5.75 Å². The number of hydrogen-bond donors (Lipinski definition) is 1. The average molecular weight is 287 g/mol. The van der Waals surface area contributed by atoms with Crippen LogP contribution in [0.2, 0.25) is 0 Å². The Labute approximate surface area is 123 Å². The highest BCUT2D eigenvalue weighted by Crippen LogP contribution is 2.19. The molecular weight excluding hydrogens is 270 g/mol. The van der Waals surface area contributed by atoms with Crippen LogP contribution in [-0.2, 0) is 13.0 Å². The molecule has 4 nitrogen and oxygen atoms in total. The van der Waals surface area contributed by atoms with Gasteiger partial charge in [-0.05, 0) is 24.6 Å². The van der Waals surface area contributed by atoms with E-state index in [1.54, 1.807) is 24.5 Å². The molecule has 104 valence electrons. The van der Waals surface area contributed by atoms with E-state index in [1.807, 2.05) is 19.1 Å². The summed E-state index contributed by atoms with van der Waals surface area (Å²) in [6, 6.07) is 7.75. The number of rotatable bonds is 6. The number of hydrogen-bond acceptors (Lipinski definition) is 5. The number of nitrogens with one attached hydrogen (secondary N) is 1. The molecule has 0 fully saturated rings. The van der Waals surface area contributed by atoms with Crippen LogP contribution in [0.15, 0.2) is 23.6 Å². The van der Waals surface area contributed by atoms with Gasteiger partial charge in [-0.3, -0.25) is 0 Å². The number of nitrogens with zero attached hydrogens (tertiary/aromatic N) is 2. The highest BCUT2D eigenvalue weighted by atomic mass is 32.1. The quantitative estimate of drug-likeness (QED) is 0.830. The lowest BCUT2D eigenvalue weighted by atomic mass is 10.1. The molecule has 2 rings (SSSR count). The Balaban J connectivity index is 1.83. The zero-order valence-electron chi connectivity index (χ0n) is 11.6. The summed E-state index contributed by atoms with van der Waals surface area (Å²) in [7, 11) is 1.58. The molecule has 0 aliphatic rings. The van der Waals surface area contributed by atoms with Crippen LogP contribution >= 0.6 is 11.3 Å². The Kier molecular flexibility index (Phi) is 5.10. The zero-order valence-corrected chi connectivity index (χ0v) is 12.5. The summed E-state index contributed by atoms with van der Waals surface area (Å²) in [5.74, 6) is 0.627. The molecule has 0 bridgehead atoms. The number of nitriles is 1. The van der Waals surface area contributed by atoms with Gasteiger partial charge in [0.25, 0.3) is 0 Å². The predicted octanol–water partition coefficient (Wildman–Crippen LogP) is 2.66. The van der Waals surface area contributed by atoms with Crippen molar-refractivity contribution in [2.24, 2.45) is 0 Å². The fourth-order valence-electron chi connectivity index (χ4n) is 1.91. The molecule has 2 aromatic rings. The van der Waals surface area contributed by atoms with E-state index in [9.17, 15) is 0 Å². The van der Waals surface area contributed by atoms with Crippen molar-refractivity contribution in [3.63, 3.8) is 0 Å². The Hall–Kier alpha value is -1.90. The van der Waals surface area contributed by atoms with Gasteiger partial charge in [-0.2, -0.15) is 5.26 Å². The standard InChI is InChI=1S/C15H17N3OS/c1-11-18-14(10-20-11)5-6-17-9-12-3-4-13(8-16)15(7-12)19-2/h3-4,7,10,17H,5-6,9H2,1-2H3. The van der Waals surface area contributed by atoms with Gasteiger partial charge in [-0.15, -0.1) is 11.3 Å². The Morgan fingerprint density at radius 3 is 2.95 bits per heavy atom. The van der Waals surface area contributed by atoms with Crippen molar-refractivity contribution in [1.29, 1.82) is 5.26 Å². The lowest BCUT2D eigenvalue weighted by molar-refractivity contribution is 0.412. The Bertz CT molecular complexity index is 616. The van der Waals surface area contributed by atoms with E-state index in [1.165, 1.54) is 0 Å². The molecule has 0 aliphatic carbocycles. The molecule has 0 amide bonds. The largest absolute Gasteiger partial charge is 0.495 e. The summed E-state index contributed by atoms with van der Waals surface area (Å²) in [6.07, 6.45) is 0.928. The first-order chi connectivity index (χ1) is 9.72. The summed E-state index contributed by atoms with van der Waals surface area (Å²) in [5, 5.41) is 15.5. The van der Waals surface area contributed by atoms with Crippen LogP contribution in [0, 0.1) is 18.3 Å². The molecule has 0 unspecified atom stereocenters. The van der Waals surface area contributed by atoms with E-state index in [2.05, 4.69) is 21.8 Å². The number of thiazole rings is 1. The van der Waals surface area contributed by atoms with Crippen molar-refractivity contribution < 1.29 is 4.74 Å². The van der Waals surface area contributed by atoms with Gasteiger partial charge < -0.3 is 10.1 Å². The number of aromatic nitrogens is 1. The van der Waals surface area contributed by atoms with Gasteiger partial charge in [-0.25, -0.2) is 4.98 Å². The van der Waals surface area contributed by atoms with Crippen LogP contribution in [0.1, 0.15) is 21.8 Å². The van der Waals surface area contributed by atoms with Gasteiger partial charge >= 0.3 is 0 Å². The molecule has 1 N–H and O–H groups in total. The van der Waals surface area contributed by atoms with Crippen LogP contribution in [0.25, 0.3) is 0 Å². The Morgan fingerprint density at radius 1 is 1.45 bits per heavy atom. The third kappa shape index (κ3) is 3.80. The third-order valence-electron chi connectivity index (χ3n) is 2.94. The molecule has 1 aromatic carbocycles. The monoisotopic (exact) mass is 287 g/mol. The van der Waals surface area contributed by atoms with Gasteiger partial charge in [0, 0.05) is 24.9 Å². The van der Waals surface area contributed by atoms with Gasteiger partial charge in [-0.1, -0.05) is 6.07 Å². The summed E-state index contributed by atoms with van der Waals surface area (Å²) < 4.78 is 5.20. The minimum atomic E-state index is 0.564. The van der Waals surface area contributed by atoms with Crippen molar-refractivity contribution in [3.05, 3.63) is 45.4 Å². The van der Waals surface area contributed by atoms with Crippen LogP contribution < -0.4 is 10.1 Å². The molecule has 0 atom stereocenters. The van der Waals surface area contributed by atoms with Gasteiger partial charge in [0.1, 0.15) is 11.8 Å². The first-order valence-electron chi connectivity index (χ1n) is 6.41. The van der Waals surface area contributed by atoms with Gasteiger partial charge in [0.05, 0.1) is 23.4 Å². The van der Waals surface area contributed by atoms with Crippen LogP contribution in [0.3, 0.4) is 0 Å². The van der Waals surface area contributed by atoms with E-state index in [-0.39, 0.29) is 0 Å². The van der Waals surface area contributed by atoms with E-state index in [4.69, 9.17) is 10.00 Å². The maximum absolute atomic E-state index is 8.93. The van der Waals surface area contributed by atoms with E-state index >= 15 is 0 Å². The highest BCUT2D eigenvalue weighted by Gasteiger charge is 2.03. The van der Waals surface area contributed by atoms with E-state index in [0.29, 0.717) is 11.3 Å². The zero-order chi connectivity index (χ0) is 14.4. The summed E-state index contributed by atoms with van der Waals surface area (Å²) in [6.45, 7) is 3.65. The first kappa shape index (κ1) is 14.5. The van der Waals surface area contributed by atoms with Crippen molar-refractivity contribution in [2.75, 3.05) is 13.7 Å². The minimum Gasteiger partial charge on any atom is -0.495 e. The molecule has 20 heavy (non-hydrogen) atoms. The first-order valence-corrected chi connectivity index (χ1v) is 7.29. The fourth-order valence-corrected chi connectivity index (χ4v) is 2.56. The second-order valence-electron chi connectivity index (χ2n) is 4.43. The number of methoxy groups -OCH3 is 1. The van der Waals surface area contributed by atoms with Crippen molar-refractivity contribution >= 4 is 11.3 Å². The van der Waals surface area contributed by atoms with Crippen molar-refractivity contribution in [3.8, 4) is 11.8 Å². The SMILES string of the molecule is COc1cc(CNCCc2csc(C)n2)ccc1C#N. The fraction of sp³-hybridized carbons (Fsp3) is 0.333. The molecule has 0 spiro atoms. The molecule has 0 aliphatic heterocycles. The number of ether oxygens (including phenoxy) is 1. The van der Waals surface area contributed by atoms with Gasteiger partial charge in [0.15, 0.2) is 0 Å². The third-order valence-corrected chi connectivity index (χ3v) is 3.76. The summed E-state index contributed by atoms with van der Waals surface area (Å²) >= 11 is 1.68. The van der Waals surface area contributed by atoms with Crippen molar-refractivity contribution in [1.82, 2.24) is 10.3 Å². The van der Waals surface area contributed by atoms with Crippen LogP contribution in [0.4, 0.5) is 0 Å². The van der Waals surface area contributed by atoms with Gasteiger partial charge in [0.2, 0.25) is 0 Å². The topological polar surface area (TPSA) is 57.9 Å². The van der Waals surface area contributed by atoms with Crippen LogP contribution in [-0.4, -0.2) is 18.6 Å². The molecular formula is C15H17N3OS. The highest BCUT2D eigenvalue weighted by molar-refractivity contribution is 7.09. The maximum atomic E-state index is 8.93. The normalized spacial score (nSPS) is 10.2. The molecule has 1 aromatic heterocycles. The van der Waals surface area contributed by atoms with Crippen molar-refractivity contribution in [2.45, 2.75) is 19.9 Å². The van der Waals surface area contributed by atoms with E-state index < -0.39 is 0 Å². The lowest BCUT2D eigenvalue weighted by Crippen LogP contribution is -2.16.